The summed E-state index contributed by atoms with van der Waals surface area (Å²) in [6.07, 6.45) is 2.51. The molecule has 0 bridgehead atoms. The van der Waals surface area contributed by atoms with E-state index in [0.717, 1.165) is 24.9 Å². The summed E-state index contributed by atoms with van der Waals surface area (Å²) in [7, 11) is 2.06. The van der Waals surface area contributed by atoms with Crippen molar-refractivity contribution in [1.29, 1.82) is 0 Å². The number of carboxylic acid groups (broad SMARTS) is 1. The molecule has 2 N–H and O–H groups in total. The number of pyridine rings is 1. The minimum atomic E-state index is -1.35. The van der Waals surface area contributed by atoms with E-state index in [1.54, 1.807) is 19.2 Å². The van der Waals surface area contributed by atoms with Crippen LogP contribution in [0.15, 0.2) is 18.3 Å². The second kappa shape index (κ2) is 6.53. The molecular weight excluding hydrogens is 272 g/mol. The molecule has 0 aliphatic carbocycles. The minimum absolute atomic E-state index is 0.109. The molecule has 1 aliphatic rings. The van der Waals surface area contributed by atoms with Crippen molar-refractivity contribution in [3.63, 3.8) is 0 Å². The van der Waals surface area contributed by atoms with Crippen LogP contribution >= 0.6 is 0 Å². The van der Waals surface area contributed by atoms with Gasteiger partial charge in [0.25, 0.3) is 0 Å². The number of aromatic nitrogens is 1. The molecular formula is C14H20N4O3. The maximum atomic E-state index is 11.8. The number of rotatable bonds is 3. The fraction of sp³-hybridized carbons (Fsp3) is 0.500. The summed E-state index contributed by atoms with van der Waals surface area (Å²) in [5.41, 5.74) is 1.04. The number of likely N-dealkylation sites (tertiary alicyclic amines) is 1. The number of nitrogens with zero attached hydrogens (tertiary/aromatic N) is 3. The molecule has 1 aromatic heterocycles. The second-order valence-electron chi connectivity index (χ2n) is 5.04. The van der Waals surface area contributed by atoms with Crippen LogP contribution in [0.5, 0.6) is 0 Å². The van der Waals surface area contributed by atoms with Gasteiger partial charge in [-0.05, 0) is 45.0 Å². The van der Waals surface area contributed by atoms with Gasteiger partial charge < -0.3 is 10.4 Å². The van der Waals surface area contributed by atoms with Gasteiger partial charge in [0.15, 0.2) is 0 Å². The number of carbonyl (C=O) groups excluding carboxylic acids is 1. The molecule has 2 rings (SSSR count). The molecule has 2 heterocycles. The van der Waals surface area contributed by atoms with Crippen LogP contribution in [0.1, 0.15) is 31.4 Å². The summed E-state index contributed by atoms with van der Waals surface area (Å²) in [4.78, 5) is 30.0. The molecule has 1 aromatic rings. The Morgan fingerprint density at radius 3 is 2.76 bits per heavy atom. The van der Waals surface area contributed by atoms with Gasteiger partial charge in [0.2, 0.25) is 0 Å². The molecule has 7 nitrogen and oxygen atoms in total. The van der Waals surface area contributed by atoms with Crippen LogP contribution in [-0.2, 0) is 0 Å². The highest BCUT2D eigenvalue weighted by molar-refractivity contribution is 6.10. The van der Waals surface area contributed by atoms with Crippen molar-refractivity contribution in [3.8, 4) is 0 Å². The lowest BCUT2D eigenvalue weighted by atomic mass is 10.1. The molecule has 0 saturated carbocycles. The molecule has 1 atom stereocenters. The third-order valence-corrected chi connectivity index (χ3v) is 3.63. The largest absolute Gasteiger partial charge is 0.464 e. The van der Waals surface area contributed by atoms with Crippen LogP contribution in [0.3, 0.4) is 0 Å². The number of hydrogen-bond acceptors (Lipinski definition) is 4. The molecule has 1 aliphatic heterocycles. The Balaban J connectivity index is 2.19. The Kier molecular flexibility index (Phi) is 4.74. The normalized spacial score (nSPS) is 18.5. The zero-order valence-electron chi connectivity index (χ0n) is 12.2. The lowest BCUT2D eigenvalue weighted by Crippen LogP contribution is -2.43. The molecule has 0 spiro atoms. The Bertz CT molecular complexity index is 517. The first-order valence-electron chi connectivity index (χ1n) is 7.01. The maximum absolute atomic E-state index is 11.8. The molecule has 0 aromatic carbocycles. The zero-order chi connectivity index (χ0) is 15.4. The SMILES string of the molecule is CCNC(=O)N(C(=O)O)c1ccc([C@@H]2CCCN2C)cn1. The Labute approximate surface area is 123 Å². The van der Waals surface area contributed by atoms with Gasteiger partial charge in [-0.3, -0.25) is 4.90 Å². The molecule has 21 heavy (non-hydrogen) atoms. The summed E-state index contributed by atoms with van der Waals surface area (Å²) in [6, 6.07) is 3.03. The van der Waals surface area contributed by atoms with E-state index < -0.39 is 12.1 Å². The Hall–Kier alpha value is -2.15. The molecule has 3 amide bonds. The summed E-state index contributed by atoms with van der Waals surface area (Å²) in [5, 5.41) is 11.6. The van der Waals surface area contributed by atoms with Gasteiger partial charge in [-0.15, -0.1) is 0 Å². The number of urea groups is 1. The van der Waals surface area contributed by atoms with Gasteiger partial charge in [0.05, 0.1) is 0 Å². The van der Waals surface area contributed by atoms with E-state index in [1.807, 2.05) is 6.07 Å². The smallest absolute Gasteiger partial charge is 0.421 e. The highest BCUT2D eigenvalue weighted by atomic mass is 16.4. The predicted octanol–water partition coefficient (Wildman–Crippen LogP) is 2.06. The predicted molar refractivity (Wildman–Crippen MR) is 78.4 cm³/mol. The molecule has 0 radical (unpaired) electrons. The van der Waals surface area contributed by atoms with Crippen LogP contribution in [-0.4, -0.2) is 47.3 Å². The van der Waals surface area contributed by atoms with Crippen LogP contribution in [0.4, 0.5) is 15.4 Å². The topological polar surface area (TPSA) is 85.8 Å². The molecule has 1 saturated heterocycles. The van der Waals surface area contributed by atoms with E-state index in [9.17, 15) is 9.59 Å². The van der Waals surface area contributed by atoms with Crippen molar-refractivity contribution in [3.05, 3.63) is 23.9 Å². The summed E-state index contributed by atoms with van der Waals surface area (Å²) >= 11 is 0. The standard InChI is InChI=1S/C14H20N4O3/c1-3-15-13(19)18(14(20)21)12-7-6-10(9-16-12)11-5-4-8-17(11)2/h6-7,9,11H,3-5,8H2,1-2H3,(H,15,19)(H,20,21)/t11-/m0/s1. The lowest BCUT2D eigenvalue weighted by Gasteiger charge is -2.21. The number of amides is 3. The fourth-order valence-electron chi connectivity index (χ4n) is 2.58. The number of hydrogen-bond donors (Lipinski definition) is 2. The Morgan fingerprint density at radius 1 is 1.52 bits per heavy atom. The molecule has 0 unspecified atom stereocenters. The zero-order valence-corrected chi connectivity index (χ0v) is 12.2. The third-order valence-electron chi connectivity index (χ3n) is 3.63. The lowest BCUT2D eigenvalue weighted by molar-refractivity contribution is 0.199. The number of imide groups is 1. The van der Waals surface area contributed by atoms with Gasteiger partial charge in [-0.25, -0.2) is 14.6 Å². The van der Waals surface area contributed by atoms with E-state index >= 15 is 0 Å². The van der Waals surface area contributed by atoms with E-state index in [4.69, 9.17) is 5.11 Å². The highest BCUT2D eigenvalue weighted by Gasteiger charge is 2.26. The van der Waals surface area contributed by atoms with Crippen LogP contribution in [0, 0.1) is 0 Å². The third kappa shape index (κ3) is 3.30. The van der Waals surface area contributed by atoms with Crippen molar-refractivity contribution in [1.82, 2.24) is 15.2 Å². The van der Waals surface area contributed by atoms with Crippen LogP contribution < -0.4 is 10.2 Å². The average Bonchev–Trinajstić information content (AvgIpc) is 2.86. The van der Waals surface area contributed by atoms with Crippen molar-refractivity contribution < 1.29 is 14.7 Å². The average molecular weight is 292 g/mol. The van der Waals surface area contributed by atoms with Gasteiger partial charge in [0.1, 0.15) is 5.82 Å². The van der Waals surface area contributed by atoms with E-state index in [-0.39, 0.29) is 5.82 Å². The Morgan fingerprint density at radius 2 is 2.29 bits per heavy atom. The fourth-order valence-corrected chi connectivity index (χ4v) is 2.58. The first-order valence-corrected chi connectivity index (χ1v) is 7.01. The minimum Gasteiger partial charge on any atom is -0.464 e. The summed E-state index contributed by atoms with van der Waals surface area (Å²) < 4.78 is 0. The van der Waals surface area contributed by atoms with Gasteiger partial charge >= 0.3 is 12.1 Å². The number of anilines is 1. The van der Waals surface area contributed by atoms with Gasteiger partial charge in [-0.1, -0.05) is 6.07 Å². The molecule has 114 valence electrons. The monoisotopic (exact) mass is 292 g/mol. The van der Waals surface area contributed by atoms with Crippen molar-refractivity contribution in [2.75, 3.05) is 25.0 Å². The molecule has 7 heteroatoms. The van der Waals surface area contributed by atoms with Crippen LogP contribution in [0.25, 0.3) is 0 Å². The molecule has 1 fully saturated rings. The first kappa shape index (κ1) is 15.2. The maximum Gasteiger partial charge on any atom is 0.421 e. The van der Waals surface area contributed by atoms with E-state index in [1.165, 1.54) is 0 Å². The van der Waals surface area contributed by atoms with Crippen molar-refractivity contribution in [2.24, 2.45) is 0 Å². The second-order valence-corrected chi connectivity index (χ2v) is 5.04. The number of nitrogens with one attached hydrogen (secondary N) is 1. The van der Waals surface area contributed by atoms with Gasteiger partial charge in [-0.2, -0.15) is 4.90 Å². The highest BCUT2D eigenvalue weighted by Crippen LogP contribution is 2.30. The van der Waals surface area contributed by atoms with Crippen LogP contribution in [0.2, 0.25) is 0 Å². The van der Waals surface area contributed by atoms with Crippen molar-refractivity contribution in [2.45, 2.75) is 25.8 Å². The van der Waals surface area contributed by atoms with E-state index in [0.29, 0.717) is 17.5 Å². The first-order chi connectivity index (χ1) is 10.0. The van der Waals surface area contributed by atoms with Gasteiger partial charge in [0, 0.05) is 18.8 Å². The number of carbonyl (C=O) groups is 2. The summed E-state index contributed by atoms with van der Waals surface area (Å²) in [6.45, 7) is 3.13. The quantitative estimate of drug-likeness (QED) is 0.890. The van der Waals surface area contributed by atoms with Crippen molar-refractivity contribution >= 4 is 17.9 Å². The van der Waals surface area contributed by atoms with E-state index in [2.05, 4.69) is 22.2 Å². The summed E-state index contributed by atoms with van der Waals surface area (Å²) in [5.74, 6) is 0.109.